The van der Waals surface area contributed by atoms with Crippen LogP contribution in [-0.2, 0) is 33.3 Å². The molecule has 10 nitrogen and oxygen atoms in total. The fourth-order valence-electron chi connectivity index (χ4n) is 3.62. The Morgan fingerprint density at radius 2 is 1.45 bits per heavy atom. The number of hydrogen-bond acceptors (Lipinski definition) is 9. The molecule has 5 atom stereocenters. The summed E-state index contributed by atoms with van der Waals surface area (Å²) in [7, 11) is 0. The first-order valence-electron chi connectivity index (χ1n) is 9.36. The van der Waals surface area contributed by atoms with E-state index in [-0.39, 0.29) is 17.7 Å². The fraction of sp³-hybridized carbons (Fsp3) is 0.450. The number of nitrogens with zero attached hydrogens (tertiary/aromatic N) is 1. The SMILES string of the molecule is CC(=O)OC[C@H]1OC(Br)[C@H](N2C(=O)c3ccccc3C2=O)[C@@H](OC(C)=O)[C@@H]1OC(C)=O. The number of amides is 2. The smallest absolute Gasteiger partial charge is 0.303 e. The van der Waals surface area contributed by atoms with Crippen LogP contribution in [0.25, 0.3) is 0 Å². The first-order chi connectivity index (χ1) is 14.6. The molecular weight excluding hydrogens is 478 g/mol. The molecule has 11 heteroatoms. The van der Waals surface area contributed by atoms with Gasteiger partial charge in [-0.25, -0.2) is 0 Å². The van der Waals surface area contributed by atoms with Crippen LogP contribution in [0.3, 0.4) is 0 Å². The highest BCUT2D eigenvalue weighted by Crippen LogP contribution is 2.36. The topological polar surface area (TPSA) is 126 Å². The van der Waals surface area contributed by atoms with Crippen LogP contribution in [0.2, 0.25) is 0 Å². The molecule has 0 aromatic heterocycles. The Morgan fingerprint density at radius 1 is 0.935 bits per heavy atom. The van der Waals surface area contributed by atoms with Gasteiger partial charge >= 0.3 is 17.9 Å². The molecule has 0 aliphatic carbocycles. The Hall–Kier alpha value is -2.79. The highest BCUT2D eigenvalue weighted by Gasteiger charge is 2.56. The van der Waals surface area contributed by atoms with E-state index >= 15 is 0 Å². The monoisotopic (exact) mass is 497 g/mol. The van der Waals surface area contributed by atoms with E-state index in [9.17, 15) is 24.0 Å². The van der Waals surface area contributed by atoms with Crippen molar-refractivity contribution in [3.63, 3.8) is 0 Å². The maximum Gasteiger partial charge on any atom is 0.303 e. The number of halogens is 1. The minimum absolute atomic E-state index is 0.194. The Morgan fingerprint density at radius 3 is 1.94 bits per heavy atom. The van der Waals surface area contributed by atoms with Gasteiger partial charge < -0.3 is 18.9 Å². The number of benzene rings is 1. The third kappa shape index (κ3) is 4.62. The van der Waals surface area contributed by atoms with E-state index in [0.717, 1.165) is 18.7 Å². The highest BCUT2D eigenvalue weighted by atomic mass is 79.9. The van der Waals surface area contributed by atoms with Crippen molar-refractivity contribution in [3.8, 4) is 0 Å². The van der Waals surface area contributed by atoms with Crippen LogP contribution in [0.15, 0.2) is 24.3 Å². The number of ether oxygens (including phenoxy) is 4. The summed E-state index contributed by atoms with van der Waals surface area (Å²) in [5.74, 6) is -3.24. The number of hydrogen-bond donors (Lipinski definition) is 0. The minimum atomic E-state index is -1.28. The maximum absolute atomic E-state index is 13.0. The number of imide groups is 1. The predicted octanol–water partition coefficient (Wildman–Crippen LogP) is 1.20. The van der Waals surface area contributed by atoms with Crippen LogP contribution in [0.4, 0.5) is 0 Å². The Labute approximate surface area is 185 Å². The van der Waals surface area contributed by atoms with Gasteiger partial charge in [0.2, 0.25) is 0 Å². The van der Waals surface area contributed by atoms with E-state index in [4.69, 9.17) is 18.9 Å². The summed E-state index contributed by atoms with van der Waals surface area (Å²) >= 11 is 3.30. The van der Waals surface area contributed by atoms with E-state index in [1.807, 2.05) is 0 Å². The van der Waals surface area contributed by atoms with Crippen molar-refractivity contribution >= 4 is 45.7 Å². The van der Waals surface area contributed by atoms with Crippen LogP contribution >= 0.6 is 15.9 Å². The van der Waals surface area contributed by atoms with Crippen molar-refractivity contribution < 1.29 is 42.9 Å². The zero-order valence-electron chi connectivity index (χ0n) is 16.9. The summed E-state index contributed by atoms with van der Waals surface area (Å²) in [6, 6.07) is 5.11. The lowest BCUT2D eigenvalue weighted by molar-refractivity contribution is -0.216. The third-order valence-corrected chi connectivity index (χ3v) is 5.54. The second kappa shape index (κ2) is 9.15. The Balaban J connectivity index is 2.01. The molecule has 31 heavy (non-hydrogen) atoms. The number of carbonyl (C=O) groups is 5. The van der Waals surface area contributed by atoms with Crippen molar-refractivity contribution in [1.29, 1.82) is 0 Å². The van der Waals surface area contributed by atoms with Gasteiger partial charge in [-0.15, -0.1) is 0 Å². The normalized spacial score (nSPS) is 27.5. The lowest BCUT2D eigenvalue weighted by Gasteiger charge is -2.45. The number of fused-ring (bicyclic) bond motifs is 1. The second-order valence-electron chi connectivity index (χ2n) is 6.99. The maximum atomic E-state index is 13.0. The van der Waals surface area contributed by atoms with Gasteiger partial charge in [0.15, 0.2) is 12.2 Å². The van der Waals surface area contributed by atoms with Gasteiger partial charge in [-0.05, 0) is 12.1 Å². The van der Waals surface area contributed by atoms with Crippen molar-refractivity contribution in [3.05, 3.63) is 35.4 Å². The van der Waals surface area contributed by atoms with Crippen LogP contribution < -0.4 is 0 Å². The standard InChI is InChI=1S/C20H20BrNO9/c1-9(23)28-8-14-16(29-10(2)24)17(30-11(3)25)15(18(21)31-14)22-19(26)12-6-4-5-7-13(12)20(22)27/h4-7,14-18H,8H2,1-3H3/t14-,15-,16-,17-,18?/m1/s1. The molecule has 1 saturated heterocycles. The fourth-order valence-corrected chi connectivity index (χ4v) is 4.43. The second-order valence-corrected chi connectivity index (χ2v) is 7.90. The molecule has 2 heterocycles. The molecule has 0 N–H and O–H groups in total. The highest BCUT2D eigenvalue weighted by molar-refractivity contribution is 9.09. The molecule has 0 radical (unpaired) electrons. The summed E-state index contributed by atoms with van der Waals surface area (Å²) in [5.41, 5.74) is 0.389. The summed E-state index contributed by atoms with van der Waals surface area (Å²) in [4.78, 5) is 61.9. The number of esters is 3. The zero-order chi connectivity index (χ0) is 22.9. The van der Waals surface area contributed by atoms with Crippen molar-refractivity contribution in [2.75, 3.05) is 6.61 Å². The molecule has 0 bridgehead atoms. The average molecular weight is 498 g/mol. The molecular formula is C20H20BrNO9. The Bertz CT molecular complexity index is 898. The van der Waals surface area contributed by atoms with E-state index in [0.29, 0.717) is 0 Å². The molecule has 1 aromatic rings. The molecule has 0 spiro atoms. The molecule has 166 valence electrons. The summed E-state index contributed by atoms with van der Waals surface area (Å²) in [6.07, 6.45) is -3.54. The summed E-state index contributed by atoms with van der Waals surface area (Å²) in [6.45, 7) is 3.18. The van der Waals surface area contributed by atoms with E-state index in [2.05, 4.69) is 15.9 Å². The molecule has 2 aliphatic heterocycles. The molecule has 0 saturated carbocycles. The average Bonchev–Trinajstić information content (AvgIpc) is 2.93. The minimum Gasteiger partial charge on any atom is -0.463 e. The summed E-state index contributed by atoms with van der Waals surface area (Å²) < 4.78 is 21.5. The molecule has 2 aliphatic rings. The first kappa shape index (κ1) is 22.9. The molecule has 2 amide bonds. The van der Waals surface area contributed by atoms with E-state index in [1.54, 1.807) is 12.1 Å². The van der Waals surface area contributed by atoms with E-state index < -0.39 is 59.1 Å². The van der Waals surface area contributed by atoms with Crippen molar-refractivity contribution in [1.82, 2.24) is 4.90 Å². The van der Waals surface area contributed by atoms with Crippen LogP contribution in [0.1, 0.15) is 41.5 Å². The van der Waals surface area contributed by atoms with Gasteiger partial charge in [0.05, 0.1) is 11.1 Å². The van der Waals surface area contributed by atoms with Crippen LogP contribution in [0, 0.1) is 0 Å². The third-order valence-electron chi connectivity index (χ3n) is 4.78. The van der Waals surface area contributed by atoms with Crippen molar-refractivity contribution in [2.24, 2.45) is 0 Å². The largest absolute Gasteiger partial charge is 0.463 e. The summed E-state index contributed by atoms with van der Waals surface area (Å²) in [5, 5.41) is -1.01. The first-order valence-corrected chi connectivity index (χ1v) is 10.3. The number of alkyl halides is 1. The quantitative estimate of drug-likeness (QED) is 0.255. The Kier molecular flexibility index (Phi) is 6.75. The van der Waals surface area contributed by atoms with Gasteiger partial charge in [-0.1, -0.05) is 28.1 Å². The van der Waals surface area contributed by atoms with Gasteiger partial charge in [0.25, 0.3) is 11.8 Å². The van der Waals surface area contributed by atoms with E-state index in [1.165, 1.54) is 19.1 Å². The molecule has 1 fully saturated rings. The lowest BCUT2D eigenvalue weighted by atomic mass is 9.96. The predicted molar refractivity (Wildman–Crippen MR) is 106 cm³/mol. The van der Waals surface area contributed by atoms with Gasteiger partial charge in [-0.2, -0.15) is 0 Å². The number of carbonyl (C=O) groups excluding carboxylic acids is 5. The molecule has 1 aromatic carbocycles. The van der Waals surface area contributed by atoms with Gasteiger partial charge in [0.1, 0.15) is 23.8 Å². The number of rotatable bonds is 5. The van der Waals surface area contributed by atoms with Gasteiger partial charge in [-0.3, -0.25) is 28.9 Å². The molecule has 3 rings (SSSR count). The van der Waals surface area contributed by atoms with Crippen molar-refractivity contribution in [2.45, 2.75) is 50.1 Å². The van der Waals surface area contributed by atoms with Crippen LogP contribution in [0.5, 0.6) is 0 Å². The molecule has 1 unspecified atom stereocenters. The van der Waals surface area contributed by atoms with Gasteiger partial charge in [0, 0.05) is 20.8 Å². The zero-order valence-corrected chi connectivity index (χ0v) is 18.5. The lowest BCUT2D eigenvalue weighted by Crippen LogP contribution is -2.65. The van der Waals surface area contributed by atoms with Crippen LogP contribution in [-0.4, -0.2) is 70.6 Å².